The van der Waals surface area contributed by atoms with E-state index in [1.807, 2.05) is 24.3 Å². The molecule has 0 unspecified atom stereocenters. The van der Waals surface area contributed by atoms with Gasteiger partial charge in [-0.2, -0.15) is 0 Å². The number of fused-ring (bicyclic) bond motifs is 1. The molecule has 1 amide bonds. The molecule has 3 aromatic rings. The van der Waals surface area contributed by atoms with Crippen LogP contribution in [0.2, 0.25) is 0 Å². The first-order valence-corrected chi connectivity index (χ1v) is 8.83. The fourth-order valence-electron chi connectivity index (χ4n) is 2.75. The molecule has 146 valence electrons. The molecule has 0 radical (unpaired) electrons. The number of aliphatic hydroxyl groups excluding tert-OH is 1. The van der Waals surface area contributed by atoms with Gasteiger partial charge >= 0.3 is 5.63 Å². The highest BCUT2D eigenvalue weighted by atomic mass is 16.5. The fraction of sp³-hybridized carbons (Fsp3) is 0.238. The van der Waals surface area contributed by atoms with Crippen molar-refractivity contribution in [3.8, 4) is 22.6 Å². The highest BCUT2D eigenvalue weighted by Gasteiger charge is 2.10. The van der Waals surface area contributed by atoms with Crippen molar-refractivity contribution in [2.45, 2.75) is 6.42 Å². The highest BCUT2D eigenvalue weighted by molar-refractivity contribution is 5.93. The van der Waals surface area contributed by atoms with Crippen LogP contribution in [-0.2, 0) is 4.79 Å². The molecule has 0 aliphatic rings. The Balaban J connectivity index is 1.82. The molecule has 0 saturated heterocycles. The van der Waals surface area contributed by atoms with Gasteiger partial charge < -0.3 is 24.3 Å². The first kappa shape index (κ1) is 19.4. The Hall–Kier alpha value is -3.32. The predicted octanol–water partition coefficient (Wildman–Crippen LogP) is 2.35. The van der Waals surface area contributed by atoms with Crippen molar-refractivity contribution in [1.29, 1.82) is 0 Å². The van der Waals surface area contributed by atoms with Crippen molar-refractivity contribution in [1.82, 2.24) is 5.32 Å². The Morgan fingerprint density at radius 3 is 2.57 bits per heavy atom. The number of rotatable bonds is 8. The van der Waals surface area contributed by atoms with E-state index in [2.05, 4.69) is 5.32 Å². The molecule has 0 bridgehead atoms. The Morgan fingerprint density at radius 2 is 1.86 bits per heavy atom. The zero-order chi connectivity index (χ0) is 19.9. The van der Waals surface area contributed by atoms with Crippen LogP contribution in [0, 0.1) is 0 Å². The summed E-state index contributed by atoms with van der Waals surface area (Å²) in [7, 11) is 1.59. The maximum Gasteiger partial charge on any atom is 0.336 e. The quantitative estimate of drug-likeness (QED) is 0.458. The normalized spacial score (nSPS) is 10.6. The maximum atomic E-state index is 12.0. The molecule has 7 heteroatoms. The smallest absolute Gasteiger partial charge is 0.336 e. The monoisotopic (exact) mass is 383 g/mol. The van der Waals surface area contributed by atoms with Crippen molar-refractivity contribution >= 4 is 16.9 Å². The molecule has 7 nitrogen and oxygen atoms in total. The zero-order valence-electron chi connectivity index (χ0n) is 15.4. The van der Waals surface area contributed by atoms with E-state index in [1.54, 1.807) is 25.3 Å². The number of hydrogen-bond donors (Lipinski definition) is 2. The number of carbonyl (C=O) groups is 1. The molecule has 0 fully saturated rings. The average molecular weight is 383 g/mol. The molecule has 2 aromatic carbocycles. The summed E-state index contributed by atoms with van der Waals surface area (Å²) in [4.78, 5) is 23.7. The summed E-state index contributed by atoms with van der Waals surface area (Å²) in [5.74, 6) is 0.853. The van der Waals surface area contributed by atoms with Gasteiger partial charge in [0.25, 0.3) is 5.91 Å². The summed E-state index contributed by atoms with van der Waals surface area (Å²) >= 11 is 0. The third-order valence-corrected chi connectivity index (χ3v) is 4.14. The summed E-state index contributed by atoms with van der Waals surface area (Å²) in [5, 5.41) is 12.1. The fourth-order valence-corrected chi connectivity index (χ4v) is 2.75. The number of benzene rings is 2. The van der Waals surface area contributed by atoms with Crippen LogP contribution in [0.25, 0.3) is 22.1 Å². The minimum Gasteiger partial charge on any atom is -0.497 e. The largest absolute Gasteiger partial charge is 0.497 e. The van der Waals surface area contributed by atoms with E-state index in [4.69, 9.17) is 19.0 Å². The number of nitrogens with one attached hydrogen (secondary N) is 1. The second-order valence-electron chi connectivity index (χ2n) is 6.08. The van der Waals surface area contributed by atoms with E-state index < -0.39 is 5.63 Å². The van der Waals surface area contributed by atoms with Gasteiger partial charge in [0.05, 0.1) is 7.11 Å². The number of hydrogen-bond acceptors (Lipinski definition) is 6. The van der Waals surface area contributed by atoms with Crippen LogP contribution in [-0.4, -0.2) is 37.9 Å². The van der Waals surface area contributed by atoms with E-state index in [0.29, 0.717) is 24.3 Å². The molecule has 1 heterocycles. The Kier molecular flexibility index (Phi) is 6.29. The van der Waals surface area contributed by atoms with Gasteiger partial charge in [0.2, 0.25) is 0 Å². The van der Waals surface area contributed by atoms with E-state index >= 15 is 0 Å². The lowest BCUT2D eigenvalue weighted by Gasteiger charge is -2.10. The van der Waals surface area contributed by atoms with Crippen LogP contribution >= 0.6 is 0 Å². The van der Waals surface area contributed by atoms with Gasteiger partial charge in [0.15, 0.2) is 6.61 Å². The lowest BCUT2D eigenvalue weighted by atomic mass is 10.0. The summed E-state index contributed by atoms with van der Waals surface area (Å²) in [6.07, 6.45) is 0.487. The maximum absolute atomic E-state index is 12.0. The third-order valence-electron chi connectivity index (χ3n) is 4.14. The van der Waals surface area contributed by atoms with Gasteiger partial charge in [-0.3, -0.25) is 4.79 Å². The topological polar surface area (TPSA) is 98.0 Å². The Bertz CT molecular complexity index is 1010. The van der Waals surface area contributed by atoms with E-state index in [1.165, 1.54) is 6.07 Å². The lowest BCUT2D eigenvalue weighted by Crippen LogP contribution is -2.30. The van der Waals surface area contributed by atoms with Gasteiger partial charge in [-0.05, 0) is 41.8 Å². The van der Waals surface area contributed by atoms with Crippen LogP contribution in [0.4, 0.5) is 0 Å². The Morgan fingerprint density at radius 1 is 1.11 bits per heavy atom. The summed E-state index contributed by atoms with van der Waals surface area (Å²) < 4.78 is 15.9. The molecule has 0 spiro atoms. The SMILES string of the molecule is COc1ccc(-c2cc(=O)oc3cc(OCC(=O)NCCCO)ccc23)cc1. The van der Waals surface area contributed by atoms with Crippen LogP contribution in [0.5, 0.6) is 11.5 Å². The van der Waals surface area contributed by atoms with Crippen LogP contribution in [0.1, 0.15) is 6.42 Å². The van der Waals surface area contributed by atoms with Crippen LogP contribution in [0.3, 0.4) is 0 Å². The molecule has 0 aliphatic carbocycles. The number of carbonyl (C=O) groups excluding carboxylic acids is 1. The van der Waals surface area contributed by atoms with Crippen molar-refractivity contribution < 1.29 is 23.8 Å². The molecule has 0 atom stereocenters. The molecule has 28 heavy (non-hydrogen) atoms. The number of methoxy groups -OCH3 is 1. The summed E-state index contributed by atoms with van der Waals surface area (Å²) in [6, 6.07) is 13.9. The molecule has 1 aromatic heterocycles. The van der Waals surface area contributed by atoms with E-state index in [-0.39, 0.29) is 19.1 Å². The Labute approximate surface area is 161 Å². The number of aliphatic hydroxyl groups is 1. The van der Waals surface area contributed by atoms with Crippen LogP contribution in [0.15, 0.2) is 57.7 Å². The van der Waals surface area contributed by atoms with Crippen molar-refractivity contribution in [2.24, 2.45) is 0 Å². The second kappa shape index (κ2) is 9.05. The zero-order valence-corrected chi connectivity index (χ0v) is 15.4. The molecule has 0 saturated carbocycles. The molecule has 3 rings (SSSR count). The lowest BCUT2D eigenvalue weighted by molar-refractivity contribution is -0.123. The van der Waals surface area contributed by atoms with Gasteiger partial charge in [0.1, 0.15) is 17.1 Å². The highest BCUT2D eigenvalue weighted by Crippen LogP contribution is 2.30. The molecular formula is C21H21NO6. The minimum atomic E-state index is -0.475. The van der Waals surface area contributed by atoms with Crippen molar-refractivity contribution in [3.05, 3.63) is 59.0 Å². The molecule has 2 N–H and O–H groups in total. The number of ether oxygens (including phenoxy) is 2. The summed E-state index contributed by atoms with van der Waals surface area (Å²) in [6.45, 7) is 0.233. The van der Waals surface area contributed by atoms with Gasteiger partial charge in [0, 0.05) is 30.7 Å². The van der Waals surface area contributed by atoms with Gasteiger partial charge in [-0.1, -0.05) is 12.1 Å². The van der Waals surface area contributed by atoms with E-state index in [9.17, 15) is 9.59 Å². The average Bonchev–Trinajstić information content (AvgIpc) is 2.71. The standard InChI is InChI=1S/C21H21NO6/c1-26-15-5-3-14(4-6-15)18-12-21(25)28-19-11-16(7-8-17(18)19)27-13-20(24)22-9-2-10-23/h3-8,11-12,23H,2,9-10,13H2,1H3,(H,22,24). The molecule has 0 aliphatic heterocycles. The van der Waals surface area contributed by atoms with Gasteiger partial charge in [-0.15, -0.1) is 0 Å². The molecular weight excluding hydrogens is 362 g/mol. The first-order valence-electron chi connectivity index (χ1n) is 8.83. The van der Waals surface area contributed by atoms with Crippen molar-refractivity contribution in [3.63, 3.8) is 0 Å². The van der Waals surface area contributed by atoms with Crippen LogP contribution < -0.4 is 20.4 Å². The summed E-state index contributed by atoms with van der Waals surface area (Å²) in [5.41, 5.74) is 1.49. The second-order valence-corrected chi connectivity index (χ2v) is 6.08. The minimum absolute atomic E-state index is 0.0153. The van der Waals surface area contributed by atoms with E-state index in [0.717, 1.165) is 22.3 Å². The first-order chi connectivity index (χ1) is 13.6. The van der Waals surface area contributed by atoms with Crippen molar-refractivity contribution in [2.75, 3.05) is 26.9 Å². The van der Waals surface area contributed by atoms with Gasteiger partial charge in [-0.25, -0.2) is 4.79 Å². The third kappa shape index (κ3) is 4.69. The predicted molar refractivity (Wildman–Crippen MR) is 105 cm³/mol. The number of amides is 1.